The molecule has 0 saturated heterocycles. The van der Waals surface area contributed by atoms with Crippen LogP contribution in [0, 0.1) is 13.8 Å². The molecule has 0 spiro atoms. The van der Waals surface area contributed by atoms with Gasteiger partial charge in [0.1, 0.15) is 22.1 Å². The van der Waals surface area contributed by atoms with E-state index in [1.165, 1.54) is 32.6 Å². The number of rotatable bonds is 0. The maximum Gasteiger partial charge on any atom is 0.158 e. The molecular formula is C34H24N4O2. The van der Waals surface area contributed by atoms with Crippen molar-refractivity contribution in [3.8, 4) is 23.0 Å². The minimum Gasteiger partial charge on any atom is -0.452 e. The van der Waals surface area contributed by atoms with E-state index in [-0.39, 0.29) is 0 Å². The summed E-state index contributed by atoms with van der Waals surface area (Å²) in [6.07, 6.45) is 0. The fourth-order valence-electron chi connectivity index (χ4n) is 6.58. The Morgan fingerprint density at radius 2 is 0.950 bits per heavy atom. The van der Waals surface area contributed by atoms with Crippen molar-refractivity contribution in [1.82, 2.24) is 9.13 Å². The molecule has 0 unspecified atom stereocenters. The first-order chi connectivity index (χ1) is 19.5. The smallest absolute Gasteiger partial charge is 0.158 e. The summed E-state index contributed by atoms with van der Waals surface area (Å²) in [6, 6.07) is 25.4. The van der Waals surface area contributed by atoms with Gasteiger partial charge in [-0.3, -0.25) is 0 Å². The molecule has 2 aliphatic heterocycles. The Kier molecular flexibility index (Phi) is 3.98. The topological polar surface area (TPSA) is 53.0 Å². The SMILES string of the molecule is Cc1c2c(c(C)c3c1=Nc1cc4c5ccccc5n(C)c4cc1O3)=Nc1cc3c4ccccc4n(C)c3cc1O2. The Labute approximate surface area is 229 Å². The fourth-order valence-corrected chi connectivity index (χ4v) is 6.58. The highest BCUT2D eigenvalue weighted by atomic mass is 16.5. The third kappa shape index (κ3) is 2.63. The van der Waals surface area contributed by atoms with Gasteiger partial charge in [-0.1, -0.05) is 36.4 Å². The molecule has 0 bridgehead atoms. The maximum atomic E-state index is 6.61. The summed E-state index contributed by atoms with van der Waals surface area (Å²) in [4.78, 5) is 10.3. The largest absolute Gasteiger partial charge is 0.452 e. The molecule has 0 fully saturated rings. The van der Waals surface area contributed by atoms with Gasteiger partial charge in [0.05, 0.1) is 11.0 Å². The Bertz CT molecular complexity index is 2260. The van der Waals surface area contributed by atoms with Crippen molar-refractivity contribution in [2.45, 2.75) is 13.8 Å². The van der Waals surface area contributed by atoms with E-state index in [4.69, 9.17) is 19.5 Å². The molecule has 2 aromatic heterocycles. The molecule has 6 nitrogen and oxygen atoms in total. The van der Waals surface area contributed by atoms with E-state index in [0.29, 0.717) is 0 Å². The number of hydrogen-bond donors (Lipinski definition) is 0. The van der Waals surface area contributed by atoms with Crippen LogP contribution in [0.15, 0.2) is 82.8 Å². The van der Waals surface area contributed by atoms with Crippen LogP contribution in [0.25, 0.3) is 43.6 Å². The van der Waals surface area contributed by atoms with Gasteiger partial charge in [-0.15, -0.1) is 0 Å². The molecule has 0 atom stereocenters. The highest BCUT2D eigenvalue weighted by Gasteiger charge is 2.26. The summed E-state index contributed by atoms with van der Waals surface area (Å²) in [5.41, 5.74) is 8.10. The minimum atomic E-state index is 0.740. The number of para-hydroxylation sites is 2. The fraction of sp³-hybridized carbons (Fsp3) is 0.118. The molecule has 7 aromatic rings. The lowest BCUT2D eigenvalue weighted by Crippen LogP contribution is -2.25. The molecule has 4 heterocycles. The van der Waals surface area contributed by atoms with Gasteiger partial charge in [-0.05, 0) is 38.1 Å². The number of benzene rings is 5. The quantitative estimate of drug-likeness (QED) is 0.206. The number of aromatic nitrogens is 2. The van der Waals surface area contributed by atoms with E-state index in [1.807, 2.05) is 13.8 Å². The highest BCUT2D eigenvalue weighted by molar-refractivity contribution is 6.10. The second-order valence-electron chi connectivity index (χ2n) is 10.9. The number of ether oxygens (including phenoxy) is 2. The van der Waals surface area contributed by atoms with Crippen LogP contribution >= 0.6 is 0 Å². The second-order valence-corrected chi connectivity index (χ2v) is 10.9. The molecular weight excluding hydrogens is 496 g/mol. The summed E-state index contributed by atoms with van der Waals surface area (Å²) in [5, 5.41) is 6.35. The predicted octanol–water partition coefficient (Wildman–Crippen LogP) is 7.71. The van der Waals surface area contributed by atoms with Crippen molar-refractivity contribution in [1.29, 1.82) is 0 Å². The Morgan fingerprint density at radius 3 is 1.40 bits per heavy atom. The lowest BCUT2D eigenvalue weighted by atomic mass is 10.0. The van der Waals surface area contributed by atoms with Crippen molar-refractivity contribution in [3.05, 3.63) is 94.6 Å². The summed E-state index contributed by atoms with van der Waals surface area (Å²) in [6.45, 7) is 4.09. The molecule has 2 aliphatic rings. The van der Waals surface area contributed by atoms with Gasteiger partial charge < -0.3 is 18.6 Å². The van der Waals surface area contributed by atoms with Crippen molar-refractivity contribution >= 4 is 55.0 Å². The van der Waals surface area contributed by atoms with Gasteiger partial charge in [0.2, 0.25) is 0 Å². The molecule has 192 valence electrons. The zero-order valence-corrected chi connectivity index (χ0v) is 22.5. The van der Waals surface area contributed by atoms with E-state index >= 15 is 0 Å². The molecule has 0 aliphatic carbocycles. The number of fused-ring (bicyclic) bond motifs is 10. The van der Waals surface area contributed by atoms with Crippen molar-refractivity contribution < 1.29 is 9.47 Å². The van der Waals surface area contributed by atoms with E-state index in [1.54, 1.807) is 0 Å². The van der Waals surface area contributed by atoms with Crippen LogP contribution in [0.5, 0.6) is 23.0 Å². The monoisotopic (exact) mass is 520 g/mol. The number of nitrogens with zero attached hydrogens (tertiary/aromatic N) is 4. The third-order valence-electron chi connectivity index (χ3n) is 8.70. The Morgan fingerprint density at radius 1 is 0.525 bits per heavy atom. The van der Waals surface area contributed by atoms with Crippen molar-refractivity contribution in [3.63, 3.8) is 0 Å². The Hall–Kier alpha value is -5.10. The van der Waals surface area contributed by atoms with Gasteiger partial charge in [0.15, 0.2) is 23.0 Å². The first-order valence-electron chi connectivity index (χ1n) is 13.5. The standard InChI is InChI=1S/C34H24N4O2/c1-17-31-34(40-30-16-28-21(13-23(30)35-31)19-9-5-7-11-25(19)38(28)4)18(2)32-33(17)39-29-15-27-22(14-24(29)36-32)20-10-6-8-12-26(20)37(27)3/h5-16H,1-4H3. The van der Waals surface area contributed by atoms with E-state index < -0.39 is 0 Å². The molecule has 0 radical (unpaired) electrons. The van der Waals surface area contributed by atoms with Crippen LogP contribution in [0.3, 0.4) is 0 Å². The van der Waals surface area contributed by atoms with E-state index in [0.717, 1.165) is 67.2 Å². The number of hydrogen-bond acceptors (Lipinski definition) is 4. The maximum absolute atomic E-state index is 6.61. The molecule has 5 aromatic carbocycles. The van der Waals surface area contributed by atoms with E-state index in [9.17, 15) is 0 Å². The summed E-state index contributed by atoms with van der Waals surface area (Å²) in [5.74, 6) is 2.98. The number of aryl methyl sites for hydroxylation is 2. The van der Waals surface area contributed by atoms with Crippen LogP contribution in [-0.4, -0.2) is 9.13 Å². The van der Waals surface area contributed by atoms with Gasteiger partial charge in [-0.2, -0.15) is 0 Å². The predicted molar refractivity (Wildman–Crippen MR) is 159 cm³/mol. The Balaban J connectivity index is 1.29. The third-order valence-corrected chi connectivity index (χ3v) is 8.70. The average molecular weight is 521 g/mol. The van der Waals surface area contributed by atoms with E-state index in [2.05, 4.69) is 96.0 Å². The molecule has 0 amide bonds. The van der Waals surface area contributed by atoms with Gasteiger partial charge in [-0.25, -0.2) is 9.98 Å². The minimum absolute atomic E-state index is 0.740. The van der Waals surface area contributed by atoms with Crippen LogP contribution < -0.4 is 20.2 Å². The van der Waals surface area contributed by atoms with Crippen LogP contribution in [0.4, 0.5) is 11.4 Å². The molecule has 0 saturated carbocycles. The first-order valence-corrected chi connectivity index (χ1v) is 13.5. The van der Waals surface area contributed by atoms with Crippen LogP contribution in [-0.2, 0) is 14.1 Å². The lowest BCUT2D eigenvalue weighted by Gasteiger charge is -2.22. The molecule has 40 heavy (non-hydrogen) atoms. The highest BCUT2D eigenvalue weighted by Crippen LogP contribution is 2.44. The van der Waals surface area contributed by atoms with Crippen LogP contribution in [0.2, 0.25) is 0 Å². The molecule has 0 N–H and O–H groups in total. The van der Waals surface area contributed by atoms with Crippen LogP contribution in [0.1, 0.15) is 11.1 Å². The zero-order valence-electron chi connectivity index (χ0n) is 22.5. The summed E-state index contributed by atoms with van der Waals surface area (Å²) < 4.78 is 17.6. The lowest BCUT2D eigenvalue weighted by molar-refractivity contribution is 0.444. The van der Waals surface area contributed by atoms with Gasteiger partial charge >= 0.3 is 0 Å². The molecule has 6 heteroatoms. The summed E-state index contributed by atoms with van der Waals surface area (Å²) >= 11 is 0. The normalized spacial score (nSPS) is 13.3. The van der Waals surface area contributed by atoms with Crippen molar-refractivity contribution in [2.24, 2.45) is 24.1 Å². The van der Waals surface area contributed by atoms with Crippen molar-refractivity contribution in [2.75, 3.05) is 0 Å². The van der Waals surface area contributed by atoms with Gasteiger partial charge in [0.25, 0.3) is 0 Å². The average Bonchev–Trinajstić information content (AvgIpc) is 3.42. The van der Waals surface area contributed by atoms with Gasteiger partial charge in [0, 0.05) is 69.9 Å². The second kappa shape index (κ2) is 7.30. The zero-order chi connectivity index (χ0) is 26.9. The first kappa shape index (κ1) is 21.8. The summed E-state index contributed by atoms with van der Waals surface area (Å²) in [7, 11) is 4.19. The molecule has 9 rings (SSSR count).